The molecule has 12 heteroatoms. The van der Waals surface area contributed by atoms with Crippen molar-refractivity contribution in [1.82, 2.24) is 24.4 Å². The first-order chi connectivity index (χ1) is 15.2. The summed E-state index contributed by atoms with van der Waals surface area (Å²) in [5.41, 5.74) is 1.11. The second-order valence-electron chi connectivity index (χ2n) is 6.75. The smallest absolute Gasteiger partial charge is 0.268 e. The predicted octanol–water partition coefficient (Wildman–Crippen LogP) is 1.68. The summed E-state index contributed by atoms with van der Waals surface area (Å²) in [5.74, 6) is 0. The minimum absolute atomic E-state index is 0.0381. The Labute approximate surface area is 185 Å². The fourth-order valence-electron chi connectivity index (χ4n) is 3.24. The molecule has 10 nitrogen and oxygen atoms in total. The molecular formula is C20H17N5O5S2. The lowest BCUT2D eigenvalue weighted by Gasteiger charge is -2.14. The second kappa shape index (κ2) is 8.15. The number of benzene rings is 2. The standard InChI is InChI=1S/C20H17N5O5S2/c1-12-18(31-13(2)21-12)32(29,30)23-22-19(27)25-16-11-7-6-10-15(16)17(26)24(20(25)28)14-8-4-3-5-9-14/h3-11,23H,1-2H3,(H,22,27). The maximum absolute atomic E-state index is 13.2. The number of sulfonamides is 1. The van der Waals surface area contributed by atoms with E-state index in [0.29, 0.717) is 9.57 Å². The first-order valence-electron chi connectivity index (χ1n) is 9.29. The van der Waals surface area contributed by atoms with Crippen molar-refractivity contribution in [3.63, 3.8) is 0 Å². The monoisotopic (exact) mass is 471 g/mol. The van der Waals surface area contributed by atoms with E-state index >= 15 is 0 Å². The van der Waals surface area contributed by atoms with Crippen molar-refractivity contribution in [3.8, 4) is 5.69 Å². The maximum atomic E-state index is 13.2. The number of aryl methyl sites for hydroxylation is 2. The molecular weight excluding hydrogens is 454 g/mol. The number of carbonyl (C=O) groups excluding carboxylic acids is 1. The van der Waals surface area contributed by atoms with E-state index < -0.39 is 27.3 Å². The number of nitrogens with one attached hydrogen (secondary N) is 2. The highest BCUT2D eigenvalue weighted by atomic mass is 32.2. The highest BCUT2D eigenvalue weighted by molar-refractivity contribution is 7.91. The van der Waals surface area contributed by atoms with Gasteiger partial charge >= 0.3 is 11.7 Å². The number of amides is 1. The van der Waals surface area contributed by atoms with Crippen LogP contribution in [0.2, 0.25) is 0 Å². The Morgan fingerprint density at radius 2 is 1.66 bits per heavy atom. The molecule has 0 saturated heterocycles. The minimum atomic E-state index is -4.12. The highest BCUT2D eigenvalue weighted by Gasteiger charge is 2.24. The van der Waals surface area contributed by atoms with E-state index in [1.807, 2.05) is 4.83 Å². The van der Waals surface area contributed by atoms with Gasteiger partial charge in [0, 0.05) is 0 Å². The fourth-order valence-corrected chi connectivity index (χ4v) is 5.55. The van der Waals surface area contributed by atoms with Crippen LogP contribution >= 0.6 is 11.3 Å². The van der Waals surface area contributed by atoms with E-state index in [-0.39, 0.29) is 26.5 Å². The average Bonchev–Trinajstić information content (AvgIpc) is 3.12. The topological polar surface area (TPSA) is 132 Å². The third-order valence-corrected chi connectivity index (χ3v) is 7.51. The molecule has 2 aromatic heterocycles. The summed E-state index contributed by atoms with van der Waals surface area (Å²) in [4.78, 5) is 45.1. The third-order valence-electron chi connectivity index (χ3n) is 4.58. The van der Waals surface area contributed by atoms with Gasteiger partial charge in [0.1, 0.15) is 0 Å². The molecule has 0 aliphatic rings. The predicted molar refractivity (Wildman–Crippen MR) is 120 cm³/mol. The van der Waals surface area contributed by atoms with Crippen molar-refractivity contribution in [2.45, 2.75) is 18.1 Å². The van der Waals surface area contributed by atoms with E-state index in [1.165, 1.54) is 19.1 Å². The van der Waals surface area contributed by atoms with Crippen LogP contribution in [0.15, 0.2) is 68.4 Å². The summed E-state index contributed by atoms with van der Waals surface area (Å²) in [6.07, 6.45) is 0. The van der Waals surface area contributed by atoms with E-state index in [9.17, 15) is 22.8 Å². The Morgan fingerprint density at radius 1 is 1.00 bits per heavy atom. The van der Waals surface area contributed by atoms with Crippen LogP contribution in [0.3, 0.4) is 0 Å². The molecule has 0 bridgehead atoms. The lowest BCUT2D eigenvalue weighted by atomic mass is 10.2. The number of rotatable bonds is 4. The van der Waals surface area contributed by atoms with Crippen LogP contribution in [0.4, 0.5) is 4.79 Å². The quantitative estimate of drug-likeness (QED) is 0.435. The van der Waals surface area contributed by atoms with Gasteiger partial charge in [0.2, 0.25) is 0 Å². The first-order valence-corrected chi connectivity index (χ1v) is 11.6. The van der Waals surface area contributed by atoms with Crippen LogP contribution in [0.5, 0.6) is 0 Å². The molecule has 0 unspecified atom stereocenters. The van der Waals surface area contributed by atoms with Gasteiger partial charge in [-0.25, -0.2) is 32.1 Å². The van der Waals surface area contributed by atoms with Gasteiger partial charge in [0.15, 0.2) is 4.21 Å². The van der Waals surface area contributed by atoms with E-state index in [4.69, 9.17) is 0 Å². The van der Waals surface area contributed by atoms with Gasteiger partial charge in [-0.1, -0.05) is 30.3 Å². The van der Waals surface area contributed by atoms with Crippen molar-refractivity contribution >= 4 is 38.3 Å². The van der Waals surface area contributed by atoms with Gasteiger partial charge < -0.3 is 0 Å². The molecule has 164 valence electrons. The number of thiazole rings is 1. The Balaban J connectivity index is 1.80. The Hall–Kier alpha value is -3.61. The first kappa shape index (κ1) is 21.6. The molecule has 0 aliphatic carbocycles. The van der Waals surface area contributed by atoms with Crippen molar-refractivity contribution in [3.05, 3.63) is 86.1 Å². The zero-order chi connectivity index (χ0) is 23.0. The van der Waals surface area contributed by atoms with Crippen LogP contribution in [0.25, 0.3) is 16.6 Å². The van der Waals surface area contributed by atoms with Crippen LogP contribution in [-0.4, -0.2) is 28.6 Å². The molecule has 0 atom stereocenters. The molecule has 1 amide bonds. The van der Waals surface area contributed by atoms with Gasteiger partial charge in [-0.2, -0.15) is 0 Å². The molecule has 4 aromatic rings. The van der Waals surface area contributed by atoms with Crippen molar-refractivity contribution in [2.75, 3.05) is 0 Å². The molecule has 2 heterocycles. The summed E-state index contributed by atoms with van der Waals surface area (Å²) in [7, 11) is -4.12. The molecule has 32 heavy (non-hydrogen) atoms. The summed E-state index contributed by atoms with van der Waals surface area (Å²) in [6.45, 7) is 3.20. The summed E-state index contributed by atoms with van der Waals surface area (Å²) in [6, 6.07) is 13.1. The molecule has 0 aliphatic heterocycles. The van der Waals surface area contributed by atoms with Gasteiger partial charge in [0.25, 0.3) is 15.6 Å². The highest BCUT2D eigenvalue weighted by Crippen LogP contribution is 2.22. The number of hydrazine groups is 1. The fraction of sp³-hybridized carbons (Fsp3) is 0.100. The van der Waals surface area contributed by atoms with Crippen LogP contribution in [-0.2, 0) is 10.0 Å². The molecule has 2 N–H and O–H groups in total. The van der Waals surface area contributed by atoms with Crippen LogP contribution in [0, 0.1) is 13.8 Å². The van der Waals surface area contributed by atoms with Crippen molar-refractivity contribution < 1.29 is 13.2 Å². The summed E-state index contributed by atoms with van der Waals surface area (Å²) in [5, 5.41) is 0.661. The third kappa shape index (κ3) is 3.75. The zero-order valence-electron chi connectivity index (χ0n) is 16.9. The summed E-state index contributed by atoms with van der Waals surface area (Å²) >= 11 is 0.949. The van der Waals surface area contributed by atoms with Gasteiger partial charge in [-0.15, -0.1) is 16.2 Å². The summed E-state index contributed by atoms with van der Waals surface area (Å²) < 4.78 is 26.7. The Morgan fingerprint density at radius 3 is 2.31 bits per heavy atom. The van der Waals surface area contributed by atoms with Gasteiger partial charge in [-0.3, -0.25) is 10.2 Å². The lowest BCUT2D eigenvalue weighted by molar-refractivity contribution is 0.240. The molecule has 0 saturated carbocycles. The number of hydrogen-bond acceptors (Lipinski definition) is 7. The van der Waals surface area contributed by atoms with Crippen LogP contribution < -0.4 is 21.5 Å². The maximum Gasteiger partial charge on any atom is 0.345 e. The van der Waals surface area contributed by atoms with Gasteiger partial charge in [0.05, 0.1) is 27.3 Å². The van der Waals surface area contributed by atoms with Crippen LogP contribution in [0.1, 0.15) is 10.7 Å². The molecule has 0 fully saturated rings. The van der Waals surface area contributed by atoms with Crippen molar-refractivity contribution in [1.29, 1.82) is 0 Å². The minimum Gasteiger partial charge on any atom is -0.268 e. The molecule has 0 spiro atoms. The van der Waals surface area contributed by atoms with Crippen molar-refractivity contribution in [2.24, 2.45) is 0 Å². The number of nitrogens with zero attached hydrogens (tertiary/aromatic N) is 3. The number of aromatic nitrogens is 3. The number of para-hydroxylation sites is 2. The largest absolute Gasteiger partial charge is 0.345 e. The van der Waals surface area contributed by atoms with Gasteiger partial charge in [-0.05, 0) is 38.1 Å². The SMILES string of the molecule is Cc1nc(C)c(S(=O)(=O)NNC(=O)n2c(=O)n(-c3ccccc3)c(=O)c3ccccc32)s1. The lowest BCUT2D eigenvalue weighted by Crippen LogP contribution is -2.49. The number of fused-ring (bicyclic) bond motifs is 1. The average molecular weight is 472 g/mol. The van der Waals surface area contributed by atoms with E-state index in [2.05, 4.69) is 10.4 Å². The molecule has 4 rings (SSSR count). The molecule has 2 aromatic carbocycles. The van der Waals surface area contributed by atoms with E-state index in [1.54, 1.807) is 49.4 Å². The number of carbonyl (C=O) groups is 1. The normalized spacial score (nSPS) is 11.6. The second-order valence-corrected chi connectivity index (χ2v) is 9.83. The number of hydrogen-bond donors (Lipinski definition) is 2. The molecule has 0 radical (unpaired) electrons. The zero-order valence-corrected chi connectivity index (χ0v) is 18.5. The Kier molecular flexibility index (Phi) is 5.50. The van der Waals surface area contributed by atoms with E-state index in [0.717, 1.165) is 15.9 Å². The Bertz CT molecular complexity index is 1570.